The molecule has 0 spiro atoms. The molecule has 0 radical (unpaired) electrons. The lowest BCUT2D eigenvalue weighted by atomic mass is 10.2. The van der Waals surface area contributed by atoms with Crippen molar-refractivity contribution in [3.8, 4) is 0 Å². The molecule has 7 heteroatoms. The summed E-state index contributed by atoms with van der Waals surface area (Å²) < 4.78 is 4.79. The predicted molar refractivity (Wildman–Crippen MR) is 87.7 cm³/mol. The zero-order chi connectivity index (χ0) is 17.2. The molecule has 0 bridgehead atoms. The van der Waals surface area contributed by atoms with E-state index in [2.05, 4.69) is 10.6 Å². The van der Waals surface area contributed by atoms with Crippen molar-refractivity contribution in [1.82, 2.24) is 10.6 Å². The lowest BCUT2D eigenvalue weighted by Crippen LogP contribution is -2.46. The van der Waals surface area contributed by atoms with Gasteiger partial charge in [-0.3, -0.25) is 9.59 Å². The van der Waals surface area contributed by atoms with Crippen molar-refractivity contribution in [2.75, 3.05) is 13.2 Å². The topological polar surface area (TPSA) is 84.5 Å². The number of likely N-dealkylation sites (N-methyl/N-ethyl adjacent to an activating group) is 1. The van der Waals surface area contributed by atoms with Crippen LogP contribution in [0, 0.1) is 0 Å². The molecule has 1 aromatic carbocycles. The summed E-state index contributed by atoms with van der Waals surface area (Å²) in [5.41, 5.74) is 0.667. The Bertz CT molecular complexity index is 601. The Labute approximate surface area is 139 Å². The van der Waals surface area contributed by atoms with Gasteiger partial charge in [-0.1, -0.05) is 29.8 Å². The first-order valence-electron chi connectivity index (χ1n) is 7.10. The molecule has 0 aliphatic carbocycles. The Hall–Kier alpha value is -2.34. The molecule has 23 heavy (non-hydrogen) atoms. The van der Waals surface area contributed by atoms with E-state index < -0.39 is 24.5 Å². The molecule has 0 aliphatic heterocycles. The second kappa shape index (κ2) is 9.63. The Balaban J connectivity index is 2.40. The number of ether oxygens (including phenoxy) is 1. The fourth-order valence-electron chi connectivity index (χ4n) is 1.63. The van der Waals surface area contributed by atoms with Gasteiger partial charge >= 0.3 is 5.97 Å². The van der Waals surface area contributed by atoms with E-state index in [0.29, 0.717) is 17.1 Å². The Morgan fingerprint density at radius 3 is 2.65 bits per heavy atom. The number of rotatable bonds is 7. The van der Waals surface area contributed by atoms with E-state index in [1.54, 1.807) is 38.1 Å². The SMILES string of the molecule is CCNC(=O)[C@H](C)NC(=O)COC(=O)/C=C/c1ccccc1Cl. The quantitative estimate of drug-likeness (QED) is 0.583. The maximum Gasteiger partial charge on any atom is 0.331 e. The van der Waals surface area contributed by atoms with Gasteiger partial charge < -0.3 is 15.4 Å². The second-order valence-electron chi connectivity index (χ2n) is 4.65. The fourth-order valence-corrected chi connectivity index (χ4v) is 1.83. The van der Waals surface area contributed by atoms with E-state index in [1.807, 2.05) is 0 Å². The Kier molecular flexibility index (Phi) is 7.83. The van der Waals surface area contributed by atoms with Crippen LogP contribution in [-0.4, -0.2) is 37.0 Å². The molecule has 1 aromatic rings. The third kappa shape index (κ3) is 6.97. The van der Waals surface area contributed by atoms with E-state index >= 15 is 0 Å². The minimum atomic E-state index is -0.695. The summed E-state index contributed by atoms with van der Waals surface area (Å²) in [6, 6.07) is 6.31. The maximum atomic E-state index is 11.6. The van der Waals surface area contributed by atoms with Crippen molar-refractivity contribution in [3.63, 3.8) is 0 Å². The van der Waals surface area contributed by atoms with E-state index in [0.717, 1.165) is 0 Å². The molecule has 0 heterocycles. The average molecular weight is 339 g/mol. The van der Waals surface area contributed by atoms with Crippen molar-refractivity contribution in [1.29, 1.82) is 0 Å². The molecule has 0 aromatic heterocycles. The van der Waals surface area contributed by atoms with Crippen LogP contribution in [0.1, 0.15) is 19.4 Å². The van der Waals surface area contributed by atoms with Crippen LogP contribution in [0.4, 0.5) is 0 Å². The number of carbonyl (C=O) groups excluding carboxylic acids is 3. The van der Waals surface area contributed by atoms with Gasteiger partial charge in [0.25, 0.3) is 5.91 Å². The standard InChI is InChI=1S/C16H19ClN2O4/c1-3-18-16(22)11(2)19-14(20)10-23-15(21)9-8-12-6-4-5-7-13(12)17/h4-9,11H,3,10H2,1-2H3,(H,18,22)(H,19,20)/b9-8+/t11-/m0/s1. The molecule has 0 saturated heterocycles. The zero-order valence-electron chi connectivity index (χ0n) is 13.0. The molecule has 124 valence electrons. The first kappa shape index (κ1) is 18.7. The molecule has 0 fully saturated rings. The van der Waals surface area contributed by atoms with Crippen LogP contribution in [0.15, 0.2) is 30.3 Å². The highest BCUT2D eigenvalue weighted by atomic mass is 35.5. The second-order valence-corrected chi connectivity index (χ2v) is 5.05. The van der Waals surface area contributed by atoms with E-state index in [1.165, 1.54) is 12.2 Å². The normalized spacial score (nSPS) is 11.8. The van der Waals surface area contributed by atoms with Crippen LogP contribution in [0.2, 0.25) is 5.02 Å². The average Bonchev–Trinajstić information content (AvgIpc) is 2.52. The number of hydrogen-bond acceptors (Lipinski definition) is 4. The molecule has 0 aliphatic rings. The minimum absolute atomic E-state index is 0.300. The van der Waals surface area contributed by atoms with Gasteiger partial charge in [0, 0.05) is 17.6 Å². The Morgan fingerprint density at radius 2 is 2.00 bits per heavy atom. The highest BCUT2D eigenvalue weighted by Crippen LogP contribution is 2.16. The summed E-state index contributed by atoms with van der Waals surface area (Å²) in [7, 11) is 0. The smallest absolute Gasteiger partial charge is 0.331 e. The molecule has 1 rings (SSSR count). The van der Waals surface area contributed by atoms with Gasteiger partial charge in [-0.2, -0.15) is 0 Å². The third-order valence-corrected chi connectivity index (χ3v) is 3.12. The number of amides is 2. The number of benzene rings is 1. The van der Waals surface area contributed by atoms with Crippen molar-refractivity contribution < 1.29 is 19.1 Å². The number of halogens is 1. The molecular weight excluding hydrogens is 320 g/mol. The van der Waals surface area contributed by atoms with Crippen LogP contribution in [0.3, 0.4) is 0 Å². The van der Waals surface area contributed by atoms with Gasteiger partial charge in [0.2, 0.25) is 5.91 Å². The molecular formula is C16H19ClN2O4. The molecule has 1 atom stereocenters. The Morgan fingerprint density at radius 1 is 1.30 bits per heavy atom. The molecule has 0 saturated carbocycles. The lowest BCUT2D eigenvalue weighted by Gasteiger charge is -2.12. The monoisotopic (exact) mass is 338 g/mol. The summed E-state index contributed by atoms with van der Waals surface area (Å²) in [6.45, 7) is 3.33. The van der Waals surface area contributed by atoms with Crippen LogP contribution >= 0.6 is 11.6 Å². The van der Waals surface area contributed by atoms with Gasteiger partial charge in [-0.05, 0) is 31.6 Å². The van der Waals surface area contributed by atoms with Crippen LogP contribution in [0.5, 0.6) is 0 Å². The number of esters is 1. The first-order valence-corrected chi connectivity index (χ1v) is 7.48. The summed E-state index contributed by atoms with van der Waals surface area (Å²) in [5.74, 6) is -1.53. The molecule has 0 unspecified atom stereocenters. The molecule has 6 nitrogen and oxygen atoms in total. The summed E-state index contributed by atoms with van der Waals surface area (Å²) in [4.78, 5) is 34.6. The third-order valence-electron chi connectivity index (χ3n) is 2.77. The van der Waals surface area contributed by atoms with Gasteiger partial charge in [0.15, 0.2) is 6.61 Å². The molecule has 2 N–H and O–H groups in total. The fraction of sp³-hybridized carbons (Fsp3) is 0.312. The van der Waals surface area contributed by atoms with E-state index in [4.69, 9.17) is 16.3 Å². The van der Waals surface area contributed by atoms with Crippen LogP contribution in [0.25, 0.3) is 6.08 Å². The number of nitrogens with one attached hydrogen (secondary N) is 2. The van der Waals surface area contributed by atoms with Gasteiger partial charge in [-0.25, -0.2) is 4.79 Å². The van der Waals surface area contributed by atoms with Crippen LogP contribution < -0.4 is 10.6 Å². The highest BCUT2D eigenvalue weighted by Gasteiger charge is 2.15. The molecule has 2 amide bonds. The number of hydrogen-bond donors (Lipinski definition) is 2. The van der Waals surface area contributed by atoms with Crippen molar-refractivity contribution in [2.24, 2.45) is 0 Å². The lowest BCUT2D eigenvalue weighted by molar-refractivity contribution is -0.144. The zero-order valence-corrected chi connectivity index (χ0v) is 13.7. The maximum absolute atomic E-state index is 11.6. The summed E-state index contributed by atoms with van der Waals surface area (Å²) >= 11 is 5.94. The van der Waals surface area contributed by atoms with Crippen LogP contribution in [-0.2, 0) is 19.1 Å². The van der Waals surface area contributed by atoms with Gasteiger partial charge in [0.05, 0.1) is 0 Å². The summed E-state index contributed by atoms with van der Waals surface area (Å²) in [5, 5.41) is 5.51. The van der Waals surface area contributed by atoms with Crippen molar-refractivity contribution >= 4 is 35.5 Å². The van der Waals surface area contributed by atoms with Gasteiger partial charge in [0.1, 0.15) is 6.04 Å². The number of carbonyl (C=O) groups is 3. The highest BCUT2D eigenvalue weighted by molar-refractivity contribution is 6.32. The largest absolute Gasteiger partial charge is 0.452 e. The van der Waals surface area contributed by atoms with E-state index in [9.17, 15) is 14.4 Å². The summed E-state index contributed by atoms with van der Waals surface area (Å²) in [6.07, 6.45) is 2.68. The minimum Gasteiger partial charge on any atom is -0.452 e. The van der Waals surface area contributed by atoms with Crippen molar-refractivity contribution in [3.05, 3.63) is 40.9 Å². The van der Waals surface area contributed by atoms with E-state index in [-0.39, 0.29) is 5.91 Å². The van der Waals surface area contributed by atoms with Crippen molar-refractivity contribution in [2.45, 2.75) is 19.9 Å². The predicted octanol–water partition coefficient (Wildman–Crippen LogP) is 1.54. The first-order chi connectivity index (χ1) is 10.9. The van der Waals surface area contributed by atoms with Gasteiger partial charge in [-0.15, -0.1) is 0 Å².